The molecule has 0 bridgehead atoms. The molecule has 1 aliphatic heterocycles. The number of rotatable bonds is 4. The van der Waals surface area contributed by atoms with Gasteiger partial charge < -0.3 is 18.8 Å². The topological polar surface area (TPSA) is 64.8 Å². The molecule has 1 aliphatic rings. The number of oxazole rings is 1. The number of hydrogen-bond donors (Lipinski definition) is 0. The van der Waals surface area contributed by atoms with Crippen molar-refractivity contribution in [3.8, 4) is 0 Å². The molecule has 0 radical (unpaired) electrons. The zero-order valence-corrected chi connectivity index (χ0v) is 10.7. The van der Waals surface area contributed by atoms with E-state index in [2.05, 4.69) is 11.9 Å². The van der Waals surface area contributed by atoms with Crippen LogP contribution in [0.1, 0.15) is 30.8 Å². The minimum atomic E-state index is -0.450. The fourth-order valence-corrected chi connectivity index (χ4v) is 1.94. The highest BCUT2D eigenvalue weighted by Gasteiger charge is 2.26. The van der Waals surface area contributed by atoms with Crippen molar-refractivity contribution >= 4 is 12.0 Å². The van der Waals surface area contributed by atoms with Gasteiger partial charge in [0.15, 0.2) is 5.69 Å². The Balaban J connectivity index is 2.10. The van der Waals surface area contributed by atoms with Crippen LogP contribution >= 0.6 is 0 Å². The summed E-state index contributed by atoms with van der Waals surface area (Å²) in [6.07, 6.45) is 2.28. The van der Waals surface area contributed by atoms with Crippen LogP contribution in [0.5, 0.6) is 0 Å². The zero-order chi connectivity index (χ0) is 13.0. The number of anilines is 1. The van der Waals surface area contributed by atoms with E-state index in [1.807, 2.05) is 4.90 Å². The maximum atomic E-state index is 11.5. The summed E-state index contributed by atoms with van der Waals surface area (Å²) in [4.78, 5) is 17.7. The monoisotopic (exact) mass is 254 g/mol. The summed E-state index contributed by atoms with van der Waals surface area (Å²) in [5.41, 5.74) is 0.216. The smallest absolute Gasteiger partial charge is 0.360 e. The lowest BCUT2D eigenvalue weighted by Gasteiger charge is -2.33. The molecule has 0 aliphatic carbocycles. The minimum Gasteiger partial charge on any atom is -0.461 e. The van der Waals surface area contributed by atoms with Gasteiger partial charge in [-0.2, -0.15) is 4.98 Å². The fourth-order valence-electron chi connectivity index (χ4n) is 1.94. The van der Waals surface area contributed by atoms with Crippen LogP contribution in [0.25, 0.3) is 0 Å². The van der Waals surface area contributed by atoms with Gasteiger partial charge in [0.25, 0.3) is 6.01 Å². The number of aromatic nitrogens is 1. The molecule has 2 heterocycles. The van der Waals surface area contributed by atoms with Crippen molar-refractivity contribution < 1.29 is 18.7 Å². The van der Waals surface area contributed by atoms with E-state index in [4.69, 9.17) is 13.9 Å². The third-order valence-electron chi connectivity index (χ3n) is 2.92. The van der Waals surface area contributed by atoms with Crippen molar-refractivity contribution in [2.75, 3.05) is 31.3 Å². The maximum absolute atomic E-state index is 11.5. The molecule has 1 atom stereocenters. The summed E-state index contributed by atoms with van der Waals surface area (Å²) in [6, 6.07) is 0.709. The maximum Gasteiger partial charge on any atom is 0.360 e. The molecule has 1 aromatic heterocycles. The lowest BCUT2D eigenvalue weighted by molar-refractivity contribution is 0.0519. The predicted molar refractivity (Wildman–Crippen MR) is 64.7 cm³/mol. The molecule has 1 fully saturated rings. The molecule has 18 heavy (non-hydrogen) atoms. The first-order valence-electron chi connectivity index (χ1n) is 6.23. The Labute approximate surface area is 106 Å². The van der Waals surface area contributed by atoms with E-state index in [-0.39, 0.29) is 11.7 Å². The standard InChI is InChI=1S/C12H18N2O4/c1-3-9-7-16-6-5-14(9)12-13-10(8-18-12)11(15)17-4-2/h8-9H,3-7H2,1-2H3. The number of ether oxygens (including phenoxy) is 2. The molecule has 1 saturated heterocycles. The van der Waals surface area contributed by atoms with E-state index in [0.717, 1.165) is 13.0 Å². The van der Waals surface area contributed by atoms with Gasteiger partial charge in [-0.05, 0) is 13.3 Å². The lowest BCUT2D eigenvalue weighted by atomic mass is 10.2. The minimum absolute atomic E-state index is 0.216. The number of carbonyl (C=O) groups is 1. The van der Waals surface area contributed by atoms with E-state index >= 15 is 0 Å². The van der Waals surface area contributed by atoms with Gasteiger partial charge >= 0.3 is 5.97 Å². The Morgan fingerprint density at radius 2 is 2.44 bits per heavy atom. The molecular formula is C12H18N2O4. The summed E-state index contributed by atoms with van der Waals surface area (Å²) in [7, 11) is 0. The Bertz CT molecular complexity index is 405. The van der Waals surface area contributed by atoms with Crippen molar-refractivity contribution in [2.45, 2.75) is 26.3 Å². The van der Waals surface area contributed by atoms with E-state index in [9.17, 15) is 4.79 Å². The molecule has 1 aromatic rings. The van der Waals surface area contributed by atoms with Crippen molar-refractivity contribution in [3.63, 3.8) is 0 Å². The van der Waals surface area contributed by atoms with Crippen LogP contribution in [0.4, 0.5) is 6.01 Å². The molecular weight excluding hydrogens is 236 g/mol. The van der Waals surface area contributed by atoms with Gasteiger partial charge in [0.05, 0.1) is 25.9 Å². The molecule has 2 rings (SSSR count). The summed E-state index contributed by atoms with van der Waals surface area (Å²) in [5, 5.41) is 0. The van der Waals surface area contributed by atoms with Crippen molar-refractivity contribution in [1.82, 2.24) is 4.98 Å². The predicted octanol–water partition coefficient (Wildman–Crippen LogP) is 1.47. The number of morpholine rings is 1. The van der Waals surface area contributed by atoms with Crippen LogP contribution in [0.3, 0.4) is 0 Å². The van der Waals surface area contributed by atoms with Gasteiger partial charge in [-0.3, -0.25) is 0 Å². The number of esters is 1. The molecule has 0 spiro atoms. The third-order valence-corrected chi connectivity index (χ3v) is 2.92. The highest BCUT2D eigenvalue weighted by Crippen LogP contribution is 2.20. The quantitative estimate of drug-likeness (QED) is 0.758. The first kappa shape index (κ1) is 12.9. The second-order valence-electron chi connectivity index (χ2n) is 4.07. The summed E-state index contributed by atoms with van der Waals surface area (Å²) in [6.45, 7) is 6.20. The second-order valence-corrected chi connectivity index (χ2v) is 4.07. The highest BCUT2D eigenvalue weighted by atomic mass is 16.5. The third kappa shape index (κ3) is 2.64. The van der Waals surface area contributed by atoms with Gasteiger partial charge in [0, 0.05) is 6.54 Å². The van der Waals surface area contributed by atoms with Crippen molar-refractivity contribution in [2.24, 2.45) is 0 Å². The van der Waals surface area contributed by atoms with Gasteiger partial charge in [-0.1, -0.05) is 6.92 Å². The largest absolute Gasteiger partial charge is 0.461 e. The Morgan fingerprint density at radius 3 is 3.17 bits per heavy atom. The average molecular weight is 254 g/mol. The van der Waals surface area contributed by atoms with Crippen LogP contribution in [-0.2, 0) is 9.47 Å². The SMILES string of the molecule is CCOC(=O)c1coc(N2CCOCC2CC)n1. The van der Waals surface area contributed by atoms with E-state index in [1.54, 1.807) is 6.92 Å². The van der Waals surface area contributed by atoms with Gasteiger partial charge in [0.2, 0.25) is 0 Å². The molecule has 0 amide bonds. The average Bonchev–Trinajstić information content (AvgIpc) is 2.88. The van der Waals surface area contributed by atoms with Crippen LogP contribution in [0.2, 0.25) is 0 Å². The van der Waals surface area contributed by atoms with E-state index in [1.165, 1.54) is 6.26 Å². The number of carbonyl (C=O) groups excluding carboxylic acids is 1. The Hall–Kier alpha value is -1.56. The lowest BCUT2D eigenvalue weighted by Crippen LogP contribution is -2.45. The molecule has 0 saturated carbocycles. The Kier molecular flexibility index (Phi) is 4.19. The Morgan fingerprint density at radius 1 is 1.61 bits per heavy atom. The number of hydrogen-bond acceptors (Lipinski definition) is 6. The zero-order valence-electron chi connectivity index (χ0n) is 10.7. The highest BCUT2D eigenvalue weighted by molar-refractivity contribution is 5.87. The van der Waals surface area contributed by atoms with E-state index < -0.39 is 5.97 Å². The van der Waals surface area contributed by atoms with Crippen LogP contribution in [0.15, 0.2) is 10.7 Å². The van der Waals surface area contributed by atoms with Gasteiger partial charge in [-0.15, -0.1) is 0 Å². The molecule has 6 heteroatoms. The van der Waals surface area contributed by atoms with Gasteiger partial charge in [0.1, 0.15) is 6.26 Å². The molecule has 0 N–H and O–H groups in total. The van der Waals surface area contributed by atoms with Crippen LogP contribution in [0, 0.1) is 0 Å². The molecule has 6 nitrogen and oxygen atoms in total. The van der Waals surface area contributed by atoms with Crippen molar-refractivity contribution in [3.05, 3.63) is 12.0 Å². The first-order chi connectivity index (χ1) is 8.76. The fraction of sp³-hybridized carbons (Fsp3) is 0.667. The first-order valence-corrected chi connectivity index (χ1v) is 6.23. The second kappa shape index (κ2) is 5.86. The normalized spacial score (nSPS) is 19.9. The van der Waals surface area contributed by atoms with Crippen LogP contribution in [-0.4, -0.2) is 43.4 Å². The summed E-state index contributed by atoms with van der Waals surface area (Å²) in [5.74, 6) is -0.450. The van der Waals surface area contributed by atoms with Gasteiger partial charge in [-0.25, -0.2) is 4.79 Å². The molecule has 0 aromatic carbocycles. The summed E-state index contributed by atoms with van der Waals surface area (Å²) < 4.78 is 15.7. The van der Waals surface area contributed by atoms with E-state index in [0.29, 0.717) is 25.8 Å². The number of nitrogens with zero attached hydrogens (tertiary/aromatic N) is 2. The molecule has 1 unspecified atom stereocenters. The van der Waals surface area contributed by atoms with Crippen LogP contribution < -0.4 is 4.90 Å². The van der Waals surface area contributed by atoms with Crippen molar-refractivity contribution in [1.29, 1.82) is 0 Å². The molecule has 100 valence electrons. The summed E-state index contributed by atoms with van der Waals surface area (Å²) >= 11 is 0.